The van der Waals surface area contributed by atoms with Crippen LogP contribution in [-0.2, 0) is 17.6 Å². The molecule has 2 aromatic rings. The lowest BCUT2D eigenvalue weighted by Crippen LogP contribution is -2.16. The second-order valence-electron chi connectivity index (χ2n) is 5.12. The summed E-state index contributed by atoms with van der Waals surface area (Å²) in [5.41, 5.74) is 2.82. The number of ether oxygens (including phenoxy) is 1. The predicted octanol–water partition coefficient (Wildman–Crippen LogP) is 2.18. The van der Waals surface area contributed by atoms with Crippen LogP contribution in [0.4, 0.5) is 11.6 Å². The molecule has 0 aliphatic heterocycles. The molecule has 1 aliphatic carbocycles. The van der Waals surface area contributed by atoms with E-state index in [0.717, 1.165) is 36.2 Å². The molecule has 0 unspecified atom stereocenters. The summed E-state index contributed by atoms with van der Waals surface area (Å²) < 4.78 is 4.93. The number of esters is 1. The van der Waals surface area contributed by atoms with E-state index in [1.54, 1.807) is 31.2 Å². The largest absolute Gasteiger partial charge is 0.462 e. The van der Waals surface area contributed by atoms with Gasteiger partial charge in [0, 0.05) is 11.3 Å². The highest BCUT2D eigenvalue weighted by Crippen LogP contribution is 2.19. The molecule has 6 heteroatoms. The molecule has 1 aliphatic rings. The van der Waals surface area contributed by atoms with Gasteiger partial charge in [0.25, 0.3) is 5.56 Å². The third kappa shape index (κ3) is 2.86. The van der Waals surface area contributed by atoms with Crippen LogP contribution in [0.15, 0.2) is 29.1 Å². The Hall–Kier alpha value is -2.63. The second-order valence-corrected chi connectivity index (χ2v) is 5.12. The topological polar surface area (TPSA) is 84.1 Å². The molecule has 1 heterocycles. The van der Waals surface area contributed by atoms with E-state index >= 15 is 0 Å². The van der Waals surface area contributed by atoms with Gasteiger partial charge < -0.3 is 10.1 Å². The SMILES string of the molecule is CCOC(=O)c1ccc(Nc2nc3c(c(=O)[nH]2)CCC3)cc1. The Morgan fingerprint density at radius 3 is 2.82 bits per heavy atom. The molecule has 0 saturated carbocycles. The molecule has 1 aromatic carbocycles. The average molecular weight is 299 g/mol. The molecule has 0 amide bonds. The van der Waals surface area contributed by atoms with Crippen molar-refractivity contribution in [2.45, 2.75) is 26.2 Å². The van der Waals surface area contributed by atoms with Crippen LogP contribution in [0, 0.1) is 0 Å². The average Bonchev–Trinajstić information content (AvgIpc) is 2.97. The van der Waals surface area contributed by atoms with Crippen molar-refractivity contribution in [2.24, 2.45) is 0 Å². The monoisotopic (exact) mass is 299 g/mol. The zero-order chi connectivity index (χ0) is 15.5. The van der Waals surface area contributed by atoms with Crippen LogP contribution in [0.3, 0.4) is 0 Å². The van der Waals surface area contributed by atoms with Crippen molar-refractivity contribution >= 4 is 17.6 Å². The number of rotatable bonds is 4. The quantitative estimate of drug-likeness (QED) is 0.845. The highest BCUT2D eigenvalue weighted by atomic mass is 16.5. The number of aryl methyl sites for hydroxylation is 1. The molecule has 0 bridgehead atoms. The van der Waals surface area contributed by atoms with E-state index in [-0.39, 0.29) is 11.5 Å². The Balaban J connectivity index is 1.78. The van der Waals surface area contributed by atoms with Gasteiger partial charge in [-0.2, -0.15) is 0 Å². The van der Waals surface area contributed by atoms with E-state index in [0.29, 0.717) is 18.1 Å². The van der Waals surface area contributed by atoms with E-state index < -0.39 is 0 Å². The molecule has 0 atom stereocenters. The maximum Gasteiger partial charge on any atom is 0.338 e. The Morgan fingerprint density at radius 2 is 2.09 bits per heavy atom. The number of hydrogen-bond acceptors (Lipinski definition) is 5. The molecule has 0 fully saturated rings. The molecule has 0 spiro atoms. The van der Waals surface area contributed by atoms with Crippen LogP contribution in [0.1, 0.15) is 35.0 Å². The Labute approximate surface area is 127 Å². The number of aromatic amines is 1. The van der Waals surface area contributed by atoms with Crippen LogP contribution < -0.4 is 10.9 Å². The maximum atomic E-state index is 11.9. The van der Waals surface area contributed by atoms with Crippen LogP contribution in [-0.4, -0.2) is 22.5 Å². The lowest BCUT2D eigenvalue weighted by Gasteiger charge is -2.08. The highest BCUT2D eigenvalue weighted by Gasteiger charge is 2.17. The van der Waals surface area contributed by atoms with Crippen LogP contribution >= 0.6 is 0 Å². The van der Waals surface area contributed by atoms with Crippen molar-refractivity contribution in [2.75, 3.05) is 11.9 Å². The Bertz CT molecular complexity index is 750. The smallest absolute Gasteiger partial charge is 0.338 e. The lowest BCUT2D eigenvalue weighted by atomic mass is 10.2. The molecule has 22 heavy (non-hydrogen) atoms. The van der Waals surface area contributed by atoms with Crippen molar-refractivity contribution in [3.8, 4) is 0 Å². The minimum atomic E-state index is -0.349. The van der Waals surface area contributed by atoms with Gasteiger partial charge in [0.05, 0.1) is 17.9 Å². The van der Waals surface area contributed by atoms with Crippen molar-refractivity contribution in [3.63, 3.8) is 0 Å². The van der Waals surface area contributed by atoms with Gasteiger partial charge in [-0.05, 0) is 50.5 Å². The van der Waals surface area contributed by atoms with Gasteiger partial charge >= 0.3 is 5.97 Å². The number of carbonyl (C=O) groups excluding carboxylic acids is 1. The van der Waals surface area contributed by atoms with Gasteiger partial charge in [-0.25, -0.2) is 9.78 Å². The summed E-state index contributed by atoms with van der Waals surface area (Å²) in [6, 6.07) is 6.84. The number of carbonyl (C=O) groups is 1. The fraction of sp³-hybridized carbons (Fsp3) is 0.312. The first-order valence-corrected chi connectivity index (χ1v) is 7.33. The summed E-state index contributed by atoms with van der Waals surface area (Å²) in [5.74, 6) is 0.0765. The summed E-state index contributed by atoms with van der Waals surface area (Å²) in [6.45, 7) is 2.11. The number of aromatic nitrogens is 2. The fourth-order valence-electron chi connectivity index (χ4n) is 2.54. The Kier molecular flexibility index (Phi) is 3.91. The highest BCUT2D eigenvalue weighted by molar-refractivity contribution is 5.89. The third-order valence-corrected chi connectivity index (χ3v) is 3.60. The first-order chi connectivity index (χ1) is 10.7. The van der Waals surface area contributed by atoms with Gasteiger partial charge in [-0.3, -0.25) is 9.78 Å². The van der Waals surface area contributed by atoms with Crippen molar-refractivity contribution in [1.82, 2.24) is 9.97 Å². The van der Waals surface area contributed by atoms with Crippen molar-refractivity contribution in [3.05, 3.63) is 51.4 Å². The number of hydrogen-bond donors (Lipinski definition) is 2. The lowest BCUT2D eigenvalue weighted by molar-refractivity contribution is 0.0526. The zero-order valence-electron chi connectivity index (χ0n) is 12.3. The van der Waals surface area contributed by atoms with Gasteiger partial charge in [0.2, 0.25) is 5.95 Å². The van der Waals surface area contributed by atoms with E-state index in [1.165, 1.54) is 0 Å². The minimum absolute atomic E-state index is 0.0758. The standard InChI is InChI=1S/C16H17N3O3/c1-2-22-15(21)10-6-8-11(9-7-10)17-16-18-13-5-3-4-12(13)14(20)19-16/h6-9H,2-5H2,1H3,(H2,17,18,19,20). The molecule has 114 valence electrons. The maximum absolute atomic E-state index is 11.9. The molecular formula is C16H17N3O3. The van der Waals surface area contributed by atoms with Gasteiger partial charge in [0.1, 0.15) is 0 Å². The summed E-state index contributed by atoms with van der Waals surface area (Å²) in [7, 11) is 0. The first-order valence-electron chi connectivity index (χ1n) is 7.33. The molecule has 0 saturated heterocycles. The number of H-pyrrole nitrogens is 1. The summed E-state index contributed by atoms with van der Waals surface area (Å²) in [5, 5.41) is 3.05. The van der Waals surface area contributed by atoms with E-state index in [2.05, 4.69) is 15.3 Å². The van der Waals surface area contributed by atoms with Crippen molar-refractivity contribution in [1.29, 1.82) is 0 Å². The molecule has 2 N–H and O–H groups in total. The molecule has 1 aromatic heterocycles. The molecule has 0 radical (unpaired) electrons. The molecule has 3 rings (SSSR count). The third-order valence-electron chi connectivity index (χ3n) is 3.60. The van der Waals surface area contributed by atoms with E-state index in [9.17, 15) is 9.59 Å². The van der Waals surface area contributed by atoms with Crippen LogP contribution in [0.25, 0.3) is 0 Å². The number of nitrogens with one attached hydrogen (secondary N) is 2. The zero-order valence-corrected chi connectivity index (χ0v) is 12.3. The number of benzene rings is 1. The summed E-state index contributed by atoms with van der Waals surface area (Å²) in [6.07, 6.45) is 2.62. The van der Waals surface area contributed by atoms with E-state index in [4.69, 9.17) is 4.74 Å². The second kappa shape index (κ2) is 6.01. The van der Waals surface area contributed by atoms with Crippen molar-refractivity contribution < 1.29 is 9.53 Å². The summed E-state index contributed by atoms with van der Waals surface area (Å²) >= 11 is 0. The minimum Gasteiger partial charge on any atom is -0.462 e. The predicted molar refractivity (Wildman–Crippen MR) is 82.6 cm³/mol. The van der Waals surface area contributed by atoms with Gasteiger partial charge in [-0.1, -0.05) is 0 Å². The molecular weight excluding hydrogens is 282 g/mol. The number of fused-ring (bicyclic) bond motifs is 1. The number of nitrogens with zero attached hydrogens (tertiary/aromatic N) is 1. The van der Waals surface area contributed by atoms with Crippen LogP contribution in [0.2, 0.25) is 0 Å². The molecule has 6 nitrogen and oxygen atoms in total. The van der Waals surface area contributed by atoms with E-state index in [1.807, 2.05) is 0 Å². The number of anilines is 2. The first kappa shape index (κ1) is 14.3. The normalized spacial score (nSPS) is 12.8. The van der Waals surface area contributed by atoms with Gasteiger partial charge in [-0.15, -0.1) is 0 Å². The van der Waals surface area contributed by atoms with Crippen LogP contribution in [0.5, 0.6) is 0 Å². The summed E-state index contributed by atoms with van der Waals surface area (Å²) in [4.78, 5) is 30.7. The Morgan fingerprint density at radius 1 is 1.32 bits per heavy atom. The fourth-order valence-corrected chi connectivity index (χ4v) is 2.54. The van der Waals surface area contributed by atoms with Gasteiger partial charge in [0.15, 0.2) is 0 Å².